The van der Waals surface area contributed by atoms with Crippen LogP contribution in [0.3, 0.4) is 0 Å². The summed E-state index contributed by atoms with van der Waals surface area (Å²) in [5.41, 5.74) is 9.54. The first kappa shape index (κ1) is 24.1. The van der Waals surface area contributed by atoms with Gasteiger partial charge < -0.3 is 11.1 Å². The molecule has 0 aliphatic rings. The first-order valence-corrected chi connectivity index (χ1v) is 12.4. The van der Waals surface area contributed by atoms with Crippen molar-refractivity contribution in [3.8, 4) is 16.9 Å². The smallest absolute Gasteiger partial charge is 0.116 e. The average Bonchev–Trinajstić information content (AvgIpc) is 3.25. The van der Waals surface area contributed by atoms with Crippen LogP contribution in [0.2, 0.25) is 0 Å². The fourth-order valence-corrected chi connectivity index (χ4v) is 4.12. The van der Waals surface area contributed by atoms with E-state index in [0.29, 0.717) is 0 Å². The topological polar surface area (TPSA) is 55.9 Å². The highest BCUT2D eigenvalue weighted by Gasteiger charge is 2.13. The number of benzene rings is 2. The molecule has 0 amide bonds. The molecule has 0 saturated heterocycles. The SMILES string of the molecule is NCCCCCCCCCCCC(=S)Nc1cn(-c2ccccc2)nc1-c1ccccc1. The van der Waals surface area contributed by atoms with Crippen molar-refractivity contribution in [3.05, 3.63) is 66.9 Å². The van der Waals surface area contributed by atoms with E-state index in [1.807, 2.05) is 47.3 Å². The lowest BCUT2D eigenvalue weighted by Gasteiger charge is -2.08. The number of hydrogen-bond acceptors (Lipinski definition) is 3. The zero-order valence-electron chi connectivity index (χ0n) is 19.0. The number of para-hydroxylation sites is 1. The second kappa shape index (κ2) is 13.8. The van der Waals surface area contributed by atoms with Gasteiger partial charge in [0.05, 0.1) is 22.6 Å². The van der Waals surface area contributed by atoms with Crippen LogP contribution in [0.15, 0.2) is 66.9 Å². The highest BCUT2D eigenvalue weighted by Crippen LogP contribution is 2.28. The molecule has 3 aromatic rings. The maximum atomic E-state index is 5.67. The predicted octanol–water partition coefficient (Wildman–Crippen LogP) is 7.14. The summed E-state index contributed by atoms with van der Waals surface area (Å²) in [5.74, 6) is 0. The molecule has 0 spiro atoms. The van der Waals surface area contributed by atoms with Crippen LogP contribution in [0.1, 0.15) is 64.2 Å². The molecule has 170 valence electrons. The van der Waals surface area contributed by atoms with Gasteiger partial charge in [-0.2, -0.15) is 5.10 Å². The van der Waals surface area contributed by atoms with Gasteiger partial charge >= 0.3 is 0 Å². The Bertz CT molecular complexity index is 921. The summed E-state index contributed by atoms with van der Waals surface area (Å²) in [7, 11) is 0. The molecule has 0 unspecified atom stereocenters. The fraction of sp³-hybridized carbons (Fsp3) is 0.407. The number of rotatable bonds is 14. The molecule has 5 heteroatoms. The highest BCUT2D eigenvalue weighted by atomic mass is 32.1. The molecule has 1 heterocycles. The van der Waals surface area contributed by atoms with Crippen LogP contribution in [0, 0.1) is 0 Å². The van der Waals surface area contributed by atoms with Crippen LogP contribution in [-0.2, 0) is 0 Å². The zero-order valence-corrected chi connectivity index (χ0v) is 19.8. The molecule has 3 rings (SSSR count). The molecular weight excluding hydrogens is 412 g/mol. The Morgan fingerprint density at radius 1 is 0.781 bits per heavy atom. The van der Waals surface area contributed by atoms with Gasteiger partial charge in [0.15, 0.2) is 0 Å². The highest BCUT2D eigenvalue weighted by molar-refractivity contribution is 7.80. The lowest BCUT2D eigenvalue weighted by atomic mass is 10.1. The molecule has 3 N–H and O–H groups in total. The second-order valence-corrected chi connectivity index (χ2v) is 8.80. The number of nitrogens with one attached hydrogen (secondary N) is 1. The van der Waals surface area contributed by atoms with Crippen molar-refractivity contribution in [1.82, 2.24) is 9.78 Å². The minimum absolute atomic E-state index is 0.827. The molecule has 0 atom stereocenters. The van der Waals surface area contributed by atoms with E-state index < -0.39 is 0 Å². The number of thiocarbonyl (C=S) groups is 1. The third-order valence-electron chi connectivity index (χ3n) is 5.66. The van der Waals surface area contributed by atoms with E-state index in [1.54, 1.807) is 0 Å². The molecule has 0 saturated carbocycles. The van der Waals surface area contributed by atoms with Crippen LogP contribution < -0.4 is 11.1 Å². The zero-order chi connectivity index (χ0) is 22.4. The van der Waals surface area contributed by atoms with E-state index in [2.05, 4.69) is 29.6 Å². The Kier molecular flexibility index (Phi) is 10.4. The Labute approximate surface area is 198 Å². The first-order chi connectivity index (χ1) is 15.8. The monoisotopic (exact) mass is 448 g/mol. The van der Waals surface area contributed by atoms with E-state index in [9.17, 15) is 0 Å². The summed E-state index contributed by atoms with van der Waals surface area (Å²) >= 11 is 5.67. The molecule has 0 bridgehead atoms. The molecule has 4 nitrogen and oxygen atoms in total. The standard InChI is InChI=1S/C27H36N4S/c28-21-15-7-5-3-1-2-4-6-14-20-26(32)29-25-22-31(24-18-12-9-13-19-24)30-27(25)23-16-10-8-11-17-23/h8-13,16-19,22H,1-7,14-15,20-21,28H2,(H,29,32). The van der Waals surface area contributed by atoms with Gasteiger partial charge in [-0.15, -0.1) is 0 Å². The lowest BCUT2D eigenvalue weighted by Crippen LogP contribution is -2.09. The Morgan fingerprint density at radius 3 is 1.97 bits per heavy atom. The van der Waals surface area contributed by atoms with Gasteiger partial charge in [0, 0.05) is 5.56 Å². The van der Waals surface area contributed by atoms with Crippen LogP contribution in [0.5, 0.6) is 0 Å². The van der Waals surface area contributed by atoms with Gasteiger partial charge in [-0.1, -0.05) is 106 Å². The van der Waals surface area contributed by atoms with Gasteiger partial charge in [-0.3, -0.25) is 0 Å². The van der Waals surface area contributed by atoms with Gasteiger partial charge in [-0.25, -0.2) is 4.68 Å². The Hall–Kier alpha value is -2.50. The largest absolute Gasteiger partial charge is 0.347 e. The van der Waals surface area contributed by atoms with Crippen molar-refractivity contribution < 1.29 is 0 Å². The summed E-state index contributed by atoms with van der Waals surface area (Å²) in [6.07, 6.45) is 14.4. The summed E-state index contributed by atoms with van der Waals surface area (Å²) in [4.78, 5) is 0.886. The molecule has 1 aromatic heterocycles. The van der Waals surface area contributed by atoms with Crippen molar-refractivity contribution in [3.63, 3.8) is 0 Å². The number of unbranched alkanes of at least 4 members (excludes halogenated alkanes) is 8. The molecule has 0 aliphatic carbocycles. The predicted molar refractivity (Wildman–Crippen MR) is 140 cm³/mol. The Morgan fingerprint density at radius 2 is 1.34 bits per heavy atom. The summed E-state index contributed by atoms with van der Waals surface area (Å²) in [6.45, 7) is 0.827. The third-order valence-corrected chi connectivity index (χ3v) is 5.97. The lowest BCUT2D eigenvalue weighted by molar-refractivity contribution is 0.564. The molecule has 0 fully saturated rings. The number of nitrogens with zero attached hydrogens (tertiary/aromatic N) is 2. The van der Waals surface area contributed by atoms with Crippen LogP contribution in [0.25, 0.3) is 16.9 Å². The maximum absolute atomic E-state index is 5.67. The molecule has 2 aromatic carbocycles. The van der Waals surface area contributed by atoms with E-state index in [1.165, 1.54) is 51.4 Å². The number of hydrogen-bond donors (Lipinski definition) is 2. The molecular formula is C27H36N4S. The minimum Gasteiger partial charge on any atom is -0.347 e. The average molecular weight is 449 g/mol. The van der Waals surface area contributed by atoms with Crippen molar-refractivity contribution in [2.24, 2.45) is 5.73 Å². The van der Waals surface area contributed by atoms with Crippen LogP contribution in [0.4, 0.5) is 5.69 Å². The summed E-state index contributed by atoms with van der Waals surface area (Å²) < 4.78 is 1.92. The molecule has 0 aliphatic heterocycles. The first-order valence-electron chi connectivity index (χ1n) is 12.0. The summed E-state index contributed by atoms with van der Waals surface area (Å²) in [6, 6.07) is 20.5. The van der Waals surface area contributed by atoms with E-state index in [-0.39, 0.29) is 0 Å². The van der Waals surface area contributed by atoms with E-state index >= 15 is 0 Å². The second-order valence-electron chi connectivity index (χ2n) is 8.31. The number of aromatic nitrogens is 2. The van der Waals surface area contributed by atoms with Gasteiger partial charge in [0.25, 0.3) is 0 Å². The third kappa shape index (κ3) is 7.88. The Balaban J connectivity index is 1.49. The van der Waals surface area contributed by atoms with Crippen LogP contribution in [-0.4, -0.2) is 21.3 Å². The summed E-state index contributed by atoms with van der Waals surface area (Å²) in [5, 5.41) is 8.32. The van der Waals surface area contributed by atoms with Gasteiger partial charge in [0.1, 0.15) is 5.69 Å². The van der Waals surface area contributed by atoms with Gasteiger partial charge in [0.2, 0.25) is 0 Å². The van der Waals surface area contributed by atoms with Crippen molar-refractivity contribution in [2.45, 2.75) is 64.2 Å². The molecule has 0 radical (unpaired) electrons. The number of nitrogens with two attached hydrogens (primary N) is 1. The van der Waals surface area contributed by atoms with E-state index in [0.717, 1.165) is 47.0 Å². The van der Waals surface area contributed by atoms with Crippen LogP contribution >= 0.6 is 12.2 Å². The fourth-order valence-electron chi connectivity index (χ4n) is 3.87. The van der Waals surface area contributed by atoms with Crippen molar-refractivity contribution in [1.29, 1.82) is 0 Å². The maximum Gasteiger partial charge on any atom is 0.116 e. The van der Waals surface area contributed by atoms with Gasteiger partial charge in [-0.05, 0) is 37.9 Å². The van der Waals surface area contributed by atoms with E-state index in [4.69, 9.17) is 23.1 Å². The number of anilines is 1. The van der Waals surface area contributed by atoms with Crippen molar-refractivity contribution >= 4 is 22.9 Å². The minimum atomic E-state index is 0.827. The molecule has 32 heavy (non-hydrogen) atoms. The van der Waals surface area contributed by atoms with Crippen molar-refractivity contribution in [2.75, 3.05) is 11.9 Å². The quantitative estimate of drug-likeness (QED) is 0.203. The normalized spacial score (nSPS) is 10.9.